The highest BCUT2D eigenvalue weighted by atomic mass is 35.5. The minimum absolute atomic E-state index is 0.230. The molecule has 0 aliphatic heterocycles. The minimum atomic E-state index is -0.310. The van der Waals surface area contributed by atoms with Crippen LogP contribution in [-0.4, -0.2) is 5.54 Å². The Labute approximate surface area is 126 Å². The van der Waals surface area contributed by atoms with Crippen molar-refractivity contribution in [3.63, 3.8) is 0 Å². The molecular weight excluding hydrogens is 273 g/mol. The van der Waals surface area contributed by atoms with Crippen LogP contribution in [0, 0.1) is 17.7 Å². The first-order valence-electron chi connectivity index (χ1n) is 7.63. The summed E-state index contributed by atoms with van der Waals surface area (Å²) in [7, 11) is 0. The summed E-state index contributed by atoms with van der Waals surface area (Å²) >= 11 is 6.14. The van der Waals surface area contributed by atoms with E-state index in [-0.39, 0.29) is 11.4 Å². The minimum Gasteiger partial charge on any atom is -0.325 e. The summed E-state index contributed by atoms with van der Waals surface area (Å²) in [5.41, 5.74) is 6.84. The first-order chi connectivity index (χ1) is 9.41. The third-order valence-electron chi connectivity index (χ3n) is 4.80. The highest BCUT2D eigenvalue weighted by Crippen LogP contribution is 2.36. The molecule has 112 valence electrons. The maximum Gasteiger partial charge on any atom is 0.127 e. The lowest BCUT2D eigenvalue weighted by atomic mass is 9.83. The molecule has 0 heterocycles. The van der Waals surface area contributed by atoms with E-state index in [0.717, 1.165) is 31.6 Å². The van der Waals surface area contributed by atoms with E-state index in [9.17, 15) is 4.39 Å². The fourth-order valence-corrected chi connectivity index (χ4v) is 3.59. The fraction of sp³-hybridized carbons (Fsp3) is 0.647. The molecule has 2 rings (SSSR count). The number of rotatable bonds is 3. The van der Waals surface area contributed by atoms with Crippen molar-refractivity contribution < 1.29 is 4.39 Å². The lowest BCUT2D eigenvalue weighted by Crippen LogP contribution is -2.42. The zero-order valence-corrected chi connectivity index (χ0v) is 13.2. The van der Waals surface area contributed by atoms with Crippen LogP contribution in [-0.2, 0) is 6.42 Å². The topological polar surface area (TPSA) is 26.0 Å². The predicted molar refractivity (Wildman–Crippen MR) is 83.4 cm³/mol. The number of benzene rings is 1. The molecule has 1 aliphatic rings. The second kappa shape index (κ2) is 6.44. The third kappa shape index (κ3) is 3.73. The van der Waals surface area contributed by atoms with Gasteiger partial charge in [-0.25, -0.2) is 4.39 Å². The van der Waals surface area contributed by atoms with Crippen LogP contribution >= 0.6 is 11.6 Å². The van der Waals surface area contributed by atoms with Gasteiger partial charge in [0, 0.05) is 16.1 Å². The van der Waals surface area contributed by atoms with Crippen LogP contribution in [0.1, 0.15) is 51.5 Å². The Morgan fingerprint density at radius 2 is 2.10 bits per heavy atom. The van der Waals surface area contributed by atoms with E-state index < -0.39 is 0 Å². The summed E-state index contributed by atoms with van der Waals surface area (Å²) in [4.78, 5) is 0. The second-order valence-electron chi connectivity index (χ2n) is 6.67. The van der Waals surface area contributed by atoms with Gasteiger partial charge in [0.2, 0.25) is 0 Å². The molecular formula is C17H25ClFN. The zero-order valence-electron chi connectivity index (χ0n) is 12.5. The van der Waals surface area contributed by atoms with E-state index in [4.69, 9.17) is 17.3 Å². The maximum atomic E-state index is 13.9. The van der Waals surface area contributed by atoms with E-state index in [1.807, 2.05) is 0 Å². The summed E-state index contributed by atoms with van der Waals surface area (Å²) in [6.45, 7) is 4.56. The van der Waals surface area contributed by atoms with Crippen molar-refractivity contribution in [3.05, 3.63) is 34.6 Å². The molecule has 0 radical (unpaired) electrons. The monoisotopic (exact) mass is 297 g/mol. The van der Waals surface area contributed by atoms with Gasteiger partial charge >= 0.3 is 0 Å². The number of hydrogen-bond acceptors (Lipinski definition) is 1. The van der Waals surface area contributed by atoms with Crippen LogP contribution in [0.4, 0.5) is 4.39 Å². The molecule has 0 saturated heterocycles. The third-order valence-corrected chi connectivity index (χ3v) is 5.15. The molecule has 1 fully saturated rings. The molecule has 1 saturated carbocycles. The predicted octanol–water partition coefficient (Wildman–Crippen LogP) is 4.96. The Morgan fingerprint density at radius 1 is 1.35 bits per heavy atom. The Hall–Kier alpha value is -0.600. The van der Waals surface area contributed by atoms with Crippen LogP contribution in [0.3, 0.4) is 0 Å². The van der Waals surface area contributed by atoms with Gasteiger partial charge in [-0.2, -0.15) is 0 Å². The lowest BCUT2D eigenvalue weighted by molar-refractivity contribution is 0.320. The molecule has 1 aromatic rings. The molecule has 1 nitrogen and oxygen atoms in total. The van der Waals surface area contributed by atoms with Crippen molar-refractivity contribution in [2.75, 3.05) is 0 Å². The van der Waals surface area contributed by atoms with E-state index >= 15 is 0 Å². The van der Waals surface area contributed by atoms with Crippen LogP contribution in [0.5, 0.6) is 0 Å². The van der Waals surface area contributed by atoms with Gasteiger partial charge in [-0.15, -0.1) is 0 Å². The Balaban J connectivity index is 2.11. The van der Waals surface area contributed by atoms with Crippen LogP contribution in [0.15, 0.2) is 18.2 Å². The van der Waals surface area contributed by atoms with Crippen molar-refractivity contribution >= 4 is 11.6 Å². The quantitative estimate of drug-likeness (QED) is 0.784. The Morgan fingerprint density at radius 3 is 2.75 bits per heavy atom. The number of hydrogen-bond donors (Lipinski definition) is 1. The molecule has 1 aliphatic carbocycles. The van der Waals surface area contributed by atoms with E-state index in [1.54, 1.807) is 12.1 Å². The van der Waals surface area contributed by atoms with Gasteiger partial charge in [0.05, 0.1) is 0 Å². The SMILES string of the molecule is CC(C)C1CCCC(N)(Cc2c(F)cccc2Cl)CC1. The average Bonchev–Trinajstić information content (AvgIpc) is 2.57. The smallest absolute Gasteiger partial charge is 0.127 e. The van der Waals surface area contributed by atoms with E-state index in [2.05, 4.69) is 13.8 Å². The molecule has 0 amide bonds. The van der Waals surface area contributed by atoms with Crippen LogP contribution in [0.2, 0.25) is 5.02 Å². The van der Waals surface area contributed by atoms with E-state index in [0.29, 0.717) is 22.9 Å². The fourth-order valence-electron chi connectivity index (χ4n) is 3.36. The molecule has 2 atom stereocenters. The van der Waals surface area contributed by atoms with Crippen molar-refractivity contribution in [3.8, 4) is 0 Å². The molecule has 0 aromatic heterocycles. The van der Waals surface area contributed by atoms with Gasteiger partial charge < -0.3 is 5.73 Å². The normalized spacial score (nSPS) is 27.6. The molecule has 3 heteroatoms. The molecule has 1 aromatic carbocycles. The van der Waals surface area contributed by atoms with Crippen molar-refractivity contribution in [1.82, 2.24) is 0 Å². The summed E-state index contributed by atoms with van der Waals surface area (Å²) in [6, 6.07) is 4.86. The first-order valence-corrected chi connectivity index (χ1v) is 8.01. The first kappa shape index (κ1) is 15.8. The van der Waals surface area contributed by atoms with Gasteiger partial charge in [0.15, 0.2) is 0 Å². The van der Waals surface area contributed by atoms with Crippen LogP contribution in [0.25, 0.3) is 0 Å². The van der Waals surface area contributed by atoms with Gasteiger partial charge in [-0.05, 0) is 49.7 Å². The van der Waals surface area contributed by atoms with Crippen molar-refractivity contribution in [2.24, 2.45) is 17.6 Å². The molecule has 2 unspecified atom stereocenters. The Kier molecular flexibility index (Phi) is 5.09. The summed E-state index contributed by atoms with van der Waals surface area (Å²) in [5.74, 6) is 1.22. The highest BCUT2D eigenvalue weighted by molar-refractivity contribution is 6.31. The summed E-state index contributed by atoms with van der Waals surface area (Å²) < 4.78 is 13.9. The molecule has 0 spiro atoms. The standard InChI is InChI=1S/C17H25ClFN/c1-12(2)13-5-4-9-17(20,10-8-13)11-14-15(18)6-3-7-16(14)19/h3,6-7,12-13H,4-5,8-11,20H2,1-2H3. The van der Waals surface area contributed by atoms with Crippen LogP contribution < -0.4 is 5.73 Å². The van der Waals surface area contributed by atoms with Crippen molar-refractivity contribution in [1.29, 1.82) is 0 Å². The maximum absolute atomic E-state index is 13.9. The van der Waals surface area contributed by atoms with Gasteiger partial charge in [-0.1, -0.05) is 44.4 Å². The van der Waals surface area contributed by atoms with Gasteiger partial charge in [-0.3, -0.25) is 0 Å². The van der Waals surface area contributed by atoms with Gasteiger partial charge in [0.25, 0.3) is 0 Å². The number of nitrogens with two attached hydrogens (primary N) is 1. The largest absolute Gasteiger partial charge is 0.325 e. The Bertz CT molecular complexity index is 440. The highest BCUT2D eigenvalue weighted by Gasteiger charge is 2.31. The zero-order chi connectivity index (χ0) is 14.8. The van der Waals surface area contributed by atoms with Crippen molar-refractivity contribution in [2.45, 2.75) is 57.9 Å². The van der Waals surface area contributed by atoms with Gasteiger partial charge in [0.1, 0.15) is 5.82 Å². The average molecular weight is 298 g/mol. The summed E-state index contributed by atoms with van der Waals surface area (Å²) in [6.07, 6.45) is 5.97. The summed E-state index contributed by atoms with van der Waals surface area (Å²) in [5, 5.41) is 0.500. The molecule has 20 heavy (non-hydrogen) atoms. The van der Waals surface area contributed by atoms with E-state index in [1.165, 1.54) is 12.5 Å². The lowest BCUT2D eigenvalue weighted by Gasteiger charge is -2.29. The molecule has 0 bridgehead atoms. The number of halogens is 2. The second-order valence-corrected chi connectivity index (χ2v) is 7.08. The molecule has 2 N–H and O–H groups in total.